The summed E-state index contributed by atoms with van der Waals surface area (Å²) >= 11 is 0. The average Bonchev–Trinajstić information content (AvgIpc) is 2.39. The lowest BCUT2D eigenvalue weighted by molar-refractivity contribution is 0.128. The summed E-state index contributed by atoms with van der Waals surface area (Å²) in [6, 6.07) is 0. The van der Waals surface area contributed by atoms with Gasteiger partial charge in [-0.25, -0.2) is 9.59 Å². The Labute approximate surface area is 118 Å². The zero-order valence-electron chi connectivity index (χ0n) is 11.6. The van der Waals surface area contributed by atoms with Gasteiger partial charge in [-0.05, 0) is 12.8 Å². The van der Waals surface area contributed by atoms with Crippen molar-refractivity contribution in [3.63, 3.8) is 0 Å². The normalized spacial score (nSPS) is 10.3. The Kier molecular flexibility index (Phi) is 10.4. The molecule has 0 aliphatic rings. The van der Waals surface area contributed by atoms with E-state index < -0.39 is 12.2 Å². The van der Waals surface area contributed by atoms with Crippen molar-refractivity contribution in [2.24, 2.45) is 0 Å². The molecule has 0 bridgehead atoms. The molecule has 8 nitrogen and oxygen atoms in total. The van der Waals surface area contributed by atoms with Crippen LogP contribution in [0.1, 0.15) is 25.7 Å². The fourth-order valence-corrected chi connectivity index (χ4v) is 1.81. The first-order chi connectivity index (χ1) is 9.52. The Bertz CT molecular complexity index is 259. The Morgan fingerprint density at radius 3 is 1.25 bits per heavy atom. The predicted octanol–water partition coefficient (Wildman–Crippen LogP) is 0.491. The minimum Gasteiger partial charge on any atom is -0.465 e. The number of rotatable bonds is 11. The first-order valence-corrected chi connectivity index (χ1v) is 6.70. The highest BCUT2D eigenvalue weighted by Crippen LogP contribution is 2.04. The van der Waals surface area contributed by atoms with E-state index in [1.807, 2.05) is 0 Å². The summed E-state index contributed by atoms with van der Waals surface area (Å²) in [5, 5.41) is 35.0. The minimum atomic E-state index is -1.04. The lowest BCUT2D eigenvalue weighted by Crippen LogP contribution is -2.33. The molecule has 0 saturated carbocycles. The highest BCUT2D eigenvalue weighted by atomic mass is 16.4. The molecule has 118 valence electrons. The van der Waals surface area contributed by atoms with Gasteiger partial charge in [-0.3, -0.25) is 0 Å². The third-order valence-corrected chi connectivity index (χ3v) is 2.89. The maximum Gasteiger partial charge on any atom is 0.407 e. The fraction of sp³-hybridized carbons (Fsp3) is 0.833. The summed E-state index contributed by atoms with van der Waals surface area (Å²) in [5.41, 5.74) is 0. The first-order valence-electron chi connectivity index (χ1n) is 6.70. The number of nitrogens with zero attached hydrogens (tertiary/aromatic N) is 2. The van der Waals surface area contributed by atoms with Crippen molar-refractivity contribution >= 4 is 12.2 Å². The summed E-state index contributed by atoms with van der Waals surface area (Å²) in [5.74, 6) is 0. The van der Waals surface area contributed by atoms with Crippen molar-refractivity contribution in [2.45, 2.75) is 25.7 Å². The van der Waals surface area contributed by atoms with Gasteiger partial charge in [0.25, 0.3) is 0 Å². The van der Waals surface area contributed by atoms with Gasteiger partial charge in [0.15, 0.2) is 0 Å². The van der Waals surface area contributed by atoms with E-state index in [1.54, 1.807) is 0 Å². The maximum atomic E-state index is 10.8. The number of aliphatic hydroxyl groups excluding tert-OH is 2. The van der Waals surface area contributed by atoms with Crippen LogP contribution in [0.5, 0.6) is 0 Å². The van der Waals surface area contributed by atoms with Crippen LogP contribution >= 0.6 is 0 Å². The van der Waals surface area contributed by atoms with Gasteiger partial charge in [-0.1, -0.05) is 12.8 Å². The second-order valence-electron chi connectivity index (χ2n) is 4.40. The van der Waals surface area contributed by atoms with Crippen molar-refractivity contribution in [1.29, 1.82) is 0 Å². The molecule has 0 aromatic heterocycles. The molecule has 0 heterocycles. The summed E-state index contributed by atoms with van der Waals surface area (Å²) in [6.07, 6.45) is 0.862. The molecule has 2 amide bonds. The average molecular weight is 292 g/mol. The standard InChI is InChI=1S/C12H24N2O6/c15-9-7-13(11(17)18)5-3-1-2-4-6-14(8-10-16)12(19)20/h15-16H,1-10H2,(H,17,18)(H,19,20). The molecule has 0 aromatic rings. The van der Waals surface area contributed by atoms with Gasteiger partial charge < -0.3 is 30.2 Å². The quantitative estimate of drug-likeness (QED) is 0.411. The van der Waals surface area contributed by atoms with E-state index in [0.29, 0.717) is 25.9 Å². The molecule has 0 aliphatic carbocycles. The van der Waals surface area contributed by atoms with Gasteiger partial charge in [0.05, 0.1) is 13.2 Å². The lowest BCUT2D eigenvalue weighted by Gasteiger charge is -2.19. The molecule has 0 unspecified atom stereocenters. The number of hydrogen-bond acceptors (Lipinski definition) is 4. The van der Waals surface area contributed by atoms with Crippen molar-refractivity contribution in [3.8, 4) is 0 Å². The van der Waals surface area contributed by atoms with Crippen LogP contribution in [0, 0.1) is 0 Å². The van der Waals surface area contributed by atoms with Gasteiger partial charge in [-0.2, -0.15) is 0 Å². The van der Waals surface area contributed by atoms with Crippen molar-refractivity contribution in [2.75, 3.05) is 39.4 Å². The molecular weight excluding hydrogens is 268 g/mol. The van der Waals surface area contributed by atoms with Gasteiger partial charge in [0, 0.05) is 26.2 Å². The van der Waals surface area contributed by atoms with Gasteiger partial charge in [0.1, 0.15) is 0 Å². The predicted molar refractivity (Wildman–Crippen MR) is 71.8 cm³/mol. The van der Waals surface area contributed by atoms with E-state index in [9.17, 15) is 9.59 Å². The molecule has 8 heteroatoms. The Morgan fingerprint density at radius 2 is 1.00 bits per heavy atom. The van der Waals surface area contributed by atoms with Crippen LogP contribution in [0.2, 0.25) is 0 Å². The summed E-state index contributed by atoms with van der Waals surface area (Å²) < 4.78 is 0. The van der Waals surface area contributed by atoms with Crippen molar-refractivity contribution in [3.05, 3.63) is 0 Å². The number of carbonyl (C=O) groups is 2. The second-order valence-corrected chi connectivity index (χ2v) is 4.40. The van der Waals surface area contributed by atoms with Crippen LogP contribution in [0.4, 0.5) is 9.59 Å². The summed E-state index contributed by atoms with van der Waals surface area (Å²) in [7, 11) is 0. The van der Waals surface area contributed by atoms with Crippen LogP contribution in [0.3, 0.4) is 0 Å². The topological polar surface area (TPSA) is 122 Å². The third kappa shape index (κ3) is 8.54. The van der Waals surface area contributed by atoms with Crippen LogP contribution in [0.25, 0.3) is 0 Å². The summed E-state index contributed by atoms with van der Waals surface area (Å²) in [4.78, 5) is 23.9. The molecule has 0 radical (unpaired) electrons. The molecule has 0 saturated heterocycles. The molecule has 4 N–H and O–H groups in total. The number of hydrogen-bond donors (Lipinski definition) is 4. The lowest BCUT2D eigenvalue weighted by atomic mass is 10.2. The highest BCUT2D eigenvalue weighted by molar-refractivity contribution is 5.65. The second kappa shape index (κ2) is 11.3. The number of carboxylic acid groups (broad SMARTS) is 2. The third-order valence-electron chi connectivity index (χ3n) is 2.89. The van der Waals surface area contributed by atoms with E-state index in [1.165, 1.54) is 0 Å². The molecule has 0 aromatic carbocycles. The van der Waals surface area contributed by atoms with Crippen LogP contribution in [0.15, 0.2) is 0 Å². The van der Waals surface area contributed by atoms with E-state index in [2.05, 4.69) is 0 Å². The smallest absolute Gasteiger partial charge is 0.407 e. The largest absolute Gasteiger partial charge is 0.465 e. The van der Waals surface area contributed by atoms with E-state index in [4.69, 9.17) is 20.4 Å². The Morgan fingerprint density at radius 1 is 0.650 bits per heavy atom. The van der Waals surface area contributed by atoms with Crippen LogP contribution < -0.4 is 0 Å². The van der Waals surface area contributed by atoms with E-state index in [-0.39, 0.29) is 26.3 Å². The number of unbranched alkanes of at least 4 members (excludes halogenated alkanes) is 3. The number of aliphatic hydroxyl groups is 2. The fourth-order valence-electron chi connectivity index (χ4n) is 1.81. The van der Waals surface area contributed by atoms with Crippen LogP contribution in [-0.2, 0) is 0 Å². The Balaban J connectivity index is 3.69. The molecule has 0 spiro atoms. The zero-order chi connectivity index (χ0) is 15.4. The highest BCUT2D eigenvalue weighted by Gasteiger charge is 2.11. The molecule has 0 fully saturated rings. The van der Waals surface area contributed by atoms with Crippen molar-refractivity contribution < 1.29 is 30.0 Å². The molecule has 0 rings (SSSR count). The molecule has 0 aliphatic heterocycles. The Hall–Kier alpha value is -1.54. The molecule has 0 atom stereocenters. The monoisotopic (exact) mass is 292 g/mol. The van der Waals surface area contributed by atoms with Gasteiger partial charge in [-0.15, -0.1) is 0 Å². The van der Waals surface area contributed by atoms with Crippen LogP contribution in [-0.4, -0.2) is 81.8 Å². The maximum absolute atomic E-state index is 10.8. The zero-order valence-corrected chi connectivity index (χ0v) is 11.6. The van der Waals surface area contributed by atoms with Gasteiger partial charge in [0.2, 0.25) is 0 Å². The minimum absolute atomic E-state index is 0.110. The summed E-state index contributed by atoms with van der Waals surface area (Å²) in [6.45, 7) is 0.573. The molecular formula is C12H24N2O6. The van der Waals surface area contributed by atoms with E-state index >= 15 is 0 Å². The SMILES string of the molecule is O=C(O)N(CCO)CCCCCCN(CCO)C(=O)O. The van der Waals surface area contributed by atoms with Crippen molar-refractivity contribution in [1.82, 2.24) is 9.80 Å². The van der Waals surface area contributed by atoms with E-state index in [0.717, 1.165) is 22.6 Å². The number of amides is 2. The first kappa shape index (κ1) is 18.5. The van der Waals surface area contributed by atoms with Gasteiger partial charge >= 0.3 is 12.2 Å². The molecule has 20 heavy (non-hydrogen) atoms.